The molecule has 3 aromatic heterocycles. The summed E-state index contributed by atoms with van der Waals surface area (Å²) in [7, 11) is 1.55. The number of carbonyl (C=O) groups excluding carboxylic acids is 1. The minimum Gasteiger partial charge on any atom is -0.479 e. The third-order valence-electron chi connectivity index (χ3n) is 5.40. The van der Waals surface area contributed by atoms with Crippen molar-refractivity contribution in [3.8, 4) is 11.8 Å². The zero-order valence-corrected chi connectivity index (χ0v) is 17.9. The van der Waals surface area contributed by atoms with Crippen molar-refractivity contribution in [1.82, 2.24) is 29.5 Å². The Morgan fingerprint density at radius 1 is 1.23 bits per heavy atom. The van der Waals surface area contributed by atoms with Gasteiger partial charge in [-0.3, -0.25) is 4.68 Å². The van der Waals surface area contributed by atoms with Gasteiger partial charge in [-0.1, -0.05) is 37.3 Å². The molecule has 30 heavy (non-hydrogen) atoms. The number of fused-ring (bicyclic) bond motifs is 1. The van der Waals surface area contributed by atoms with Crippen LogP contribution >= 0.6 is 11.6 Å². The molecular weight excluding hydrogens is 408 g/mol. The first-order valence-electron chi connectivity index (χ1n) is 10.3. The number of nitrogens with zero attached hydrogens (tertiary/aromatic N) is 6. The second-order valence-corrected chi connectivity index (χ2v) is 7.81. The van der Waals surface area contributed by atoms with E-state index in [9.17, 15) is 4.79 Å². The van der Waals surface area contributed by atoms with Crippen LogP contribution in [0.3, 0.4) is 0 Å². The summed E-state index contributed by atoms with van der Waals surface area (Å²) >= 11 is 6.43. The second-order valence-electron chi connectivity index (χ2n) is 7.45. The highest BCUT2D eigenvalue weighted by Crippen LogP contribution is 2.31. The number of esters is 1. The van der Waals surface area contributed by atoms with Gasteiger partial charge in [0.2, 0.25) is 5.88 Å². The summed E-state index contributed by atoms with van der Waals surface area (Å²) in [4.78, 5) is 21.0. The molecule has 9 nitrogen and oxygen atoms in total. The number of carbonyl (C=O) groups is 1. The van der Waals surface area contributed by atoms with Crippen LogP contribution < -0.4 is 4.74 Å². The van der Waals surface area contributed by atoms with Gasteiger partial charge in [-0.2, -0.15) is 15.2 Å². The molecule has 0 amide bonds. The number of ether oxygens (including phenoxy) is 2. The third kappa shape index (κ3) is 4.12. The molecule has 0 unspecified atom stereocenters. The van der Waals surface area contributed by atoms with Crippen LogP contribution in [-0.2, 0) is 11.3 Å². The van der Waals surface area contributed by atoms with Crippen molar-refractivity contribution in [2.75, 3.05) is 13.7 Å². The van der Waals surface area contributed by atoms with Gasteiger partial charge in [-0.15, -0.1) is 0 Å². The van der Waals surface area contributed by atoms with E-state index in [4.69, 9.17) is 21.1 Å². The van der Waals surface area contributed by atoms with Crippen molar-refractivity contribution < 1.29 is 14.3 Å². The SMILES string of the molecule is CCOC(=O)c1cnn(-c2nc(OC)c3c(n2)c(Cl)nn3CC2CCCCCC2)c1. The Bertz CT molecular complexity index is 1040. The number of aromatic nitrogens is 6. The Balaban J connectivity index is 1.69. The molecule has 0 spiro atoms. The average Bonchev–Trinajstić information content (AvgIpc) is 3.26. The van der Waals surface area contributed by atoms with E-state index < -0.39 is 5.97 Å². The van der Waals surface area contributed by atoms with Gasteiger partial charge < -0.3 is 9.47 Å². The van der Waals surface area contributed by atoms with Crippen LogP contribution in [-0.4, -0.2) is 49.2 Å². The first-order chi connectivity index (χ1) is 14.6. The standard InChI is InChI=1S/C20H25ClN6O3/c1-3-30-19(28)14-10-22-27(12-14)20-23-15-16(18(24-20)29-2)26(25-17(15)21)11-13-8-6-4-5-7-9-13/h10,12-13H,3-9,11H2,1-2H3. The minimum absolute atomic E-state index is 0.241. The highest BCUT2D eigenvalue weighted by Gasteiger charge is 2.22. The van der Waals surface area contributed by atoms with E-state index in [0.717, 1.165) is 6.54 Å². The van der Waals surface area contributed by atoms with Crippen molar-refractivity contribution >= 4 is 28.6 Å². The lowest BCUT2D eigenvalue weighted by molar-refractivity contribution is 0.0526. The van der Waals surface area contributed by atoms with Gasteiger partial charge in [-0.25, -0.2) is 14.5 Å². The van der Waals surface area contributed by atoms with Crippen molar-refractivity contribution in [2.24, 2.45) is 5.92 Å². The van der Waals surface area contributed by atoms with Crippen LogP contribution in [0.25, 0.3) is 17.0 Å². The maximum atomic E-state index is 11.9. The fraction of sp³-hybridized carbons (Fsp3) is 0.550. The fourth-order valence-electron chi connectivity index (χ4n) is 3.92. The van der Waals surface area contributed by atoms with Crippen molar-refractivity contribution in [1.29, 1.82) is 0 Å². The molecule has 3 aromatic rings. The quantitative estimate of drug-likeness (QED) is 0.431. The van der Waals surface area contributed by atoms with Crippen molar-refractivity contribution in [3.63, 3.8) is 0 Å². The number of rotatable bonds is 6. The summed E-state index contributed by atoms with van der Waals surface area (Å²) in [5.41, 5.74) is 1.49. The van der Waals surface area contributed by atoms with E-state index in [1.54, 1.807) is 14.0 Å². The van der Waals surface area contributed by atoms with Crippen molar-refractivity contribution in [2.45, 2.75) is 52.0 Å². The number of hydrogen-bond acceptors (Lipinski definition) is 7. The van der Waals surface area contributed by atoms with Gasteiger partial charge in [0.25, 0.3) is 5.95 Å². The molecule has 0 radical (unpaired) electrons. The lowest BCUT2D eigenvalue weighted by Crippen LogP contribution is -2.12. The van der Waals surface area contributed by atoms with Crippen LogP contribution in [0.2, 0.25) is 5.15 Å². The topological polar surface area (TPSA) is 96.9 Å². The lowest BCUT2D eigenvalue weighted by Gasteiger charge is -2.15. The second kappa shape index (κ2) is 8.99. The lowest BCUT2D eigenvalue weighted by atomic mass is 10.0. The molecule has 0 bridgehead atoms. The molecule has 0 aliphatic heterocycles. The Morgan fingerprint density at radius 3 is 2.70 bits per heavy atom. The molecule has 0 saturated heterocycles. The zero-order valence-electron chi connectivity index (χ0n) is 17.2. The summed E-state index contributed by atoms with van der Waals surface area (Å²) in [5, 5.41) is 8.98. The van der Waals surface area contributed by atoms with E-state index >= 15 is 0 Å². The van der Waals surface area contributed by atoms with E-state index in [2.05, 4.69) is 20.2 Å². The minimum atomic E-state index is -0.453. The Hall–Kier alpha value is -2.68. The first-order valence-corrected chi connectivity index (χ1v) is 10.7. The maximum absolute atomic E-state index is 11.9. The van der Waals surface area contributed by atoms with E-state index in [1.807, 2.05) is 4.68 Å². The Labute approximate surface area is 179 Å². The van der Waals surface area contributed by atoms with E-state index in [-0.39, 0.29) is 12.6 Å². The Kier molecular flexibility index (Phi) is 6.17. The molecule has 1 aliphatic rings. The summed E-state index contributed by atoms with van der Waals surface area (Å²) in [6.45, 7) is 2.80. The molecule has 10 heteroatoms. The number of halogens is 1. The molecule has 1 fully saturated rings. The van der Waals surface area contributed by atoms with Crippen LogP contribution in [0.1, 0.15) is 55.8 Å². The van der Waals surface area contributed by atoms with Crippen LogP contribution in [0, 0.1) is 5.92 Å². The van der Waals surface area contributed by atoms with Gasteiger partial charge >= 0.3 is 5.97 Å². The molecule has 0 aromatic carbocycles. The summed E-state index contributed by atoms with van der Waals surface area (Å²) in [6, 6.07) is 0. The largest absolute Gasteiger partial charge is 0.479 e. The summed E-state index contributed by atoms with van der Waals surface area (Å²) < 4.78 is 13.8. The normalized spacial score (nSPS) is 15.3. The predicted octanol–water partition coefficient (Wildman–Crippen LogP) is 3.82. The summed E-state index contributed by atoms with van der Waals surface area (Å²) in [5.74, 6) is 0.711. The van der Waals surface area contributed by atoms with Crippen LogP contribution in [0.15, 0.2) is 12.4 Å². The molecule has 4 rings (SSSR count). The van der Waals surface area contributed by atoms with Crippen LogP contribution in [0.4, 0.5) is 0 Å². The monoisotopic (exact) mass is 432 g/mol. The smallest absolute Gasteiger partial charge is 0.341 e. The average molecular weight is 433 g/mol. The Morgan fingerprint density at radius 2 is 2.00 bits per heavy atom. The van der Waals surface area contributed by atoms with E-state index in [0.29, 0.717) is 33.5 Å². The van der Waals surface area contributed by atoms with Gasteiger partial charge in [0.1, 0.15) is 5.52 Å². The zero-order chi connectivity index (χ0) is 21.1. The molecule has 0 N–H and O–H groups in total. The third-order valence-corrected chi connectivity index (χ3v) is 5.65. The van der Waals surface area contributed by atoms with Gasteiger partial charge in [-0.05, 0) is 25.7 Å². The summed E-state index contributed by atoms with van der Waals surface area (Å²) in [6.07, 6.45) is 10.4. The fourth-order valence-corrected chi connectivity index (χ4v) is 4.15. The number of methoxy groups -OCH3 is 1. The molecule has 1 aliphatic carbocycles. The predicted molar refractivity (Wildman–Crippen MR) is 111 cm³/mol. The molecule has 0 atom stereocenters. The van der Waals surface area contributed by atoms with Gasteiger partial charge in [0.15, 0.2) is 10.7 Å². The van der Waals surface area contributed by atoms with Gasteiger partial charge in [0, 0.05) is 12.7 Å². The van der Waals surface area contributed by atoms with E-state index in [1.165, 1.54) is 55.6 Å². The highest BCUT2D eigenvalue weighted by molar-refractivity contribution is 6.33. The number of hydrogen-bond donors (Lipinski definition) is 0. The highest BCUT2D eigenvalue weighted by atomic mass is 35.5. The molecule has 3 heterocycles. The van der Waals surface area contributed by atoms with Gasteiger partial charge in [0.05, 0.1) is 25.5 Å². The first kappa shape index (κ1) is 20.6. The van der Waals surface area contributed by atoms with Crippen LogP contribution in [0.5, 0.6) is 5.88 Å². The molecule has 160 valence electrons. The molecular formula is C20H25ClN6O3. The molecule has 1 saturated carbocycles. The van der Waals surface area contributed by atoms with Crippen molar-refractivity contribution in [3.05, 3.63) is 23.1 Å². The maximum Gasteiger partial charge on any atom is 0.341 e.